The molecular weight excluding hydrogens is 318 g/mol. The van der Waals surface area contributed by atoms with E-state index in [1.54, 1.807) is 18.2 Å². The lowest BCUT2D eigenvalue weighted by atomic mass is 10.1. The third-order valence-electron chi connectivity index (χ3n) is 3.06. The van der Waals surface area contributed by atoms with E-state index in [1.165, 1.54) is 0 Å². The highest BCUT2D eigenvalue weighted by Crippen LogP contribution is 2.23. The normalized spacial score (nSPS) is 20.7. The minimum absolute atomic E-state index is 0.0226. The third kappa shape index (κ3) is 3.25. The van der Waals surface area contributed by atoms with E-state index in [9.17, 15) is 4.79 Å². The quantitative estimate of drug-likeness (QED) is 0.921. The zero-order chi connectivity index (χ0) is 13.1. The van der Waals surface area contributed by atoms with E-state index in [2.05, 4.69) is 21.2 Å². The molecular formula is C13H15BrClNO2. The molecule has 5 heteroatoms. The minimum Gasteiger partial charge on any atom is -0.376 e. The van der Waals surface area contributed by atoms with Crippen LogP contribution in [-0.2, 0) is 4.74 Å². The van der Waals surface area contributed by atoms with Gasteiger partial charge in [-0.3, -0.25) is 4.79 Å². The van der Waals surface area contributed by atoms with E-state index >= 15 is 0 Å². The molecule has 1 aliphatic rings. The molecule has 2 unspecified atom stereocenters. The van der Waals surface area contributed by atoms with Gasteiger partial charge in [-0.15, -0.1) is 0 Å². The van der Waals surface area contributed by atoms with Crippen molar-refractivity contribution in [3.05, 3.63) is 33.3 Å². The number of hydrogen-bond donors (Lipinski definition) is 1. The molecule has 18 heavy (non-hydrogen) atoms. The molecule has 0 spiro atoms. The predicted molar refractivity (Wildman–Crippen MR) is 75.1 cm³/mol. The Morgan fingerprint density at radius 3 is 3.00 bits per heavy atom. The van der Waals surface area contributed by atoms with Crippen LogP contribution >= 0.6 is 27.5 Å². The van der Waals surface area contributed by atoms with Gasteiger partial charge in [0.2, 0.25) is 0 Å². The van der Waals surface area contributed by atoms with Crippen molar-refractivity contribution in [3.63, 3.8) is 0 Å². The molecule has 0 aliphatic carbocycles. The SMILES string of the molecule is CC(NC(=O)c1ccc(Cl)c(Br)c1)C1CCCO1. The van der Waals surface area contributed by atoms with Crippen LogP contribution in [0.1, 0.15) is 30.1 Å². The first-order valence-corrected chi connectivity index (χ1v) is 7.12. The van der Waals surface area contributed by atoms with Gasteiger partial charge in [-0.1, -0.05) is 11.6 Å². The van der Waals surface area contributed by atoms with Gasteiger partial charge >= 0.3 is 0 Å². The number of carbonyl (C=O) groups excluding carboxylic acids is 1. The summed E-state index contributed by atoms with van der Waals surface area (Å²) < 4.78 is 6.27. The number of halogens is 2. The van der Waals surface area contributed by atoms with Gasteiger partial charge in [0.25, 0.3) is 5.91 Å². The summed E-state index contributed by atoms with van der Waals surface area (Å²) in [7, 11) is 0. The number of hydrogen-bond acceptors (Lipinski definition) is 2. The van der Waals surface area contributed by atoms with E-state index in [0.29, 0.717) is 10.6 Å². The molecule has 1 aromatic carbocycles. The van der Waals surface area contributed by atoms with Gasteiger partial charge in [-0.25, -0.2) is 0 Å². The standard InChI is InChI=1S/C13H15BrClNO2/c1-8(12-3-2-6-18-12)16-13(17)9-4-5-11(15)10(14)7-9/h4-5,7-8,12H,2-3,6H2,1H3,(H,16,17). The summed E-state index contributed by atoms with van der Waals surface area (Å²) in [6, 6.07) is 5.16. The largest absolute Gasteiger partial charge is 0.376 e. The molecule has 0 aromatic heterocycles. The zero-order valence-corrected chi connectivity index (χ0v) is 12.4. The van der Waals surface area contributed by atoms with Crippen LogP contribution < -0.4 is 5.32 Å². The lowest BCUT2D eigenvalue weighted by Gasteiger charge is -2.20. The summed E-state index contributed by atoms with van der Waals surface area (Å²) in [5, 5.41) is 3.55. The summed E-state index contributed by atoms with van der Waals surface area (Å²) >= 11 is 9.21. The van der Waals surface area contributed by atoms with E-state index < -0.39 is 0 Å². The topological polar surface area (TPSA) is 38.3 Å². The van der Waals surface area contributed by atoms with Crippen LogP contribution in [0.25, 0.3) is 0 Å². The summed E-state index contributed by atoms with van der Waals surface area (Å²) in [6.45, 7) is 2.76. The predicted octanol–water partition coefficient (Wildman–Crippen LogP) is 3.40. The van der Waals surface area contributed by atoms with Gasteiger partial charge in [0, 0.05) is 16.6 Å². The van der Waals surface area contributed by atoms with Crippen molar-refractivity contribution in [2.75, 3.05) is 6.61 Å². The molecule has 1 aromatic rings. The van der Waals surface area contributed by atoms with Crippen LogP contribution in [0.3, 0.4) is 0 Å². The maximum absolute atomic E-state index is 12.0. The molecule has 2 atom stereocenters. The summed E-state index contributed by atoms with van der Waals surface area (Å²) in [6.07, 6.45) is 2.20. The van der Waals surface area contributed by atoms with Gasteiger partial charge in [0.1, 0.15) is 0 Å². The number of carbonyl (C=O) groups is 1. The molecule has 1 saturated heterocycles. The molecule has 1 N–H and O–H groups in total. The summed E-state index contributed by atoms with van der Waals surface area (Å²) in [5.41, 5.74) is 0.594. The van der Waals surface area contributed by atoms with Crippen LogP contribution in [0.15, 0.2) is 22.7 Å². The van der Waals surface area contributed by atoms with Gasteiger partial charge in [-0.2, -0.15) is 0 Å². The van der Waals surface area contributed by atoms with Crippen molar-refractivity contribution >= 4 is 33.4 Å². The van der Waals surface area contributed by atoms with Crippen LogP contribution in [0.2, 0.25) is 5.02 Å². The lowest BCUT2D eigenvalue weighted by Crippen LogP contribution is -2.40. The molecule has 3 nitrogen and oxygen atoms in total. The molecule has 0 radical (unpaired) electrons. The number of rotatable bonds is 3. The third-order valence-corrected chi connectivity index (χ3v) is 4.28. The Labute approximate surface area is 120 Å². The van der Waals surface area contributed by atoms with E-state index in [0.717, 1.165) is 23.9 Å². The fraction of sp³-hybridized carbons (Fsp3) is 0.462. The monoisotopic (exact) mass is 331 g/mol. The maximum Gasteiger partial charge on any atom is 0.251 e. The average molecular weight is 333 g/mol. The smallest absolute Gasteiger partial charge is 0.251 e. The molecule has 98 valence electrons. The number of ether oxygens (including phenoxy) is 1. The van der Waals surface area contributed by atoms with Crippen LogP contribution in [0, 0.1) is 0 Å². The second kappa shape index (κ2) is 6.04. The highest BCUT2D eigenvalue weighted by molar-refractivity contribution is 9.10. The van der Waals surface area contributed by atoms with Crippen molar-refractivity contribution in [2.24, 2.45) is 0 Å². The Morgan fingerprint density at radius 2 is 2.39 bits per heavy atom. The first kappa shape index (κ1) is 13.8. The van der Waals surface area contributed by atoms with Gasteiger partial charge in [-0.05, 0) is 53.9 Å². The Morgan fingerprint density at radius 1 is 1.61 bits per heavy atom. The molecule has 0 bridgehead atoms. The van der Waals surface area contributed by atoms with Gasteiger partial charge in [0.05, 0.1) is 17.2 Å². The molecule has 1 amide bonds. The maximum atomic E-state index is 12.0. The lowest BCUT2D eigenvalue weighted by molar-refractivity contribution is 0.0712. The molecule has 2 rings (SSSR count). The second-order valence-corrected chi connectivity index (χ2v) is 5.70. The zero-order valence-electron chi connectivity index (χ0n) is 10.1. The number of benzene rings is 1. The second-order valence-electron chi connectivity index (χ2n) is 4.44. The Balaban J connectivity index is 2.00. The van der Waals surface area contributed by atoms with Crippen molar-refractivity contribution in [1.29, 1.82) is 0 Å². The van der Waals surface area contributed by atoms with Gasteiger partial charge in [0.15, 0.2) is 0 Å². The highest BCUT2D eigenvalue weighted by atomic mass is 79.9. The molecule has 1 fully saturated rings. The van der Waals surface area contributed by atoms with E-state index in [1.807, 2.05) is 6.92 Å². The molecule has 0 saturated carbocycles. The van der Waals surface area contributed by atoms with E-state index in [4.69, 9.17) is 16.3 Å². The molecule has 1 aliphatic heterocycles. The van der Waals surface area contributed by atoms with Crippen LogP contribution in [0.5, 0.6) is 0 Å². The Hall–Kier alpha value is -0.580. The fourth-order valence-corrected chi connectivity index (χ4v) is 2.51. The summed E-state index contributed by atoms with van der Waals surface area (Å²) in [5.74, 6) is -0.102. The first-order chi connectivity index (χ1) is 8.58. The fourth-order valence-electron chi connectivity index (χ4n) is 2.02. The number of amides is 1. The van der Waals surface area contributed by atoms with Crippen molar-refractivity contribution < 1.29 is 9.53 Å². The van der Waals surface area contributed by atoms with Crippen molar-refractivity contribution in [2.45, 2.75) is 31.9 Å². The average Bonchev–Trinajstić information content (AvgIpc) is 2.86. The minimum atomic E-state index is -0.102. The van der Waals surface area contributed by atoms with Gasteiger partial charge < -0.3 is 10.1 Å². The van der Waals surface area contributed by atoms with Crippen molar-refractivity contribution in [3.8, 4) is 0 Å². The van der Waals surface area contributed by atoms with E-state index in [-0.39, 0.29) is 18.1 Å². The number of nitrogens with one attached hydrogen (secondary N) is 1. The Kier molecular flexibility index (Phi) is 4.65. The summed E-state index contributed by atoms with van der Waals surface area (Å²) in [4.78, 5) is 12.0. The van der Waals surface area contributed by atoms with Crippen LogP contribution in [-0.4, -0.2) is 24.7 Å². The molecule has 1 heterocycles. The Bertz CT molecular complexity index is 447. The van der Waals surface area contributed by atoms with Crippen LogP contribution in [0.4, 0.5) is 0 Å². The highest BCUT2D eigenvalue weighted by Gasteiger charge is 2.24. The first-order valence-electron chi connectivity index (χ1n) is 5.95. The van der Waals surface area contributed by atoms with Crippen molar-refractivity contribution in [1.82, 2.24) is 5.32 Å².